The van der Waals surface area contributed by atoms with Crippen LogP contribution < -0.4 is 5.84 Å². The van der Waals surface area contributed by atoms with Crippen LogP contribution in [0.15, 0.2) is 24.4 Å². The Bertz CT molecular complexity index is 105. The van der Waals surface area contributed by atoms with E-state index in [2.05, 4.69) is 6.54 Å². The van der Waals surface area contributed by atoms with Gasteiger partial charge in [-0.25, -0.2) is 5.84 Å². The van der Waals surface area contributed by atoms with Crippen LogP contribution in [0.3, 0.4) is 0 Å². The average molecular weight is 94.1 g/mol. The molecule has 0 unspecified atom stereocenters. The standard InChI is InChI=1S/C5H6N2/c6-7-4-2-1-3-5-7/h1-4H,6H2. The Morgan fingerprint density at radius 1 is 1.43 bits per heavy atom. The fraction of sp³-hybridized carbons (Fsp3) is 0. The fourth-order valence-corrected chi connectivity index (χ4v) is 0.370. The van der Waals surface area contributed by atoms with Crippen LogP contribution in [0.1, 0.15) is 0 Å². The normalized spacial score (nSPS) is 18.1. The molecule has 2 nitrogen and oxygen atoms in total. The summed E-state index contributed by atoms with van der Waals surface area (Å²) in [5, 5.41) is 1.38. The van der Waals surface area contributed by atoms with E-state index in [-0.39, 0.29) is 0 Å². The maximum Gasteiger partial charge on any atom is 0.135 e. The molecule has 0 aromatic heterocycles. The molecule has 0 atom stereocenters. The van der Waals surface area contributed by atoms with E-state index in [1.54, 1.807) is 12.3 Å². The summed E-state index contributed by atoms with van der Waals surface area (Å²) in [6.07, 6.45) is 7.18. The van der Waals surface area contributed by atoms with Gasteiger partial charge in [0.05, 0.1) is 0 Å². The highest BCUT2D eigenvalue weighted by Gasteiger charge is 1.89. The molecule has 0 saturated heterocycles. The molecular formula is C5H6N2. The highest BCUT2D eigenvalue weighted by Crippen LogP contribution is 1.94. The Hall–Kier alpha value is -0.760. The van der Waals surface area contributed by atoms with Gasteiger partial charge in [-0.3, -0.25) is 0 Å². The van der Waals surface area contributed by atoms with Gasteiger partial charge >= 0.3 is 0 Å². The van der Waals surface area contributed by atoms with Gasteiger partial charge in [0.2, 0.25) is 0 Å². The predicted octanol–water partition coefficient (Wildman–Crippen LogP) is 0.284. The lowest BCUT2D eigenvalue weighted by Crippen LogP contribution is -2.21. The zero-order valence-corrected chi connectivity index (χ0v) is 3.83. The number of hydrazine groups is 1. The summed E-state index contributed by atoms with van der Waals surface area (Å²) in [4.78, 5) is 0. The van der Waals surface area contributed by atoms with Crippen molar-refractivity contribution in [3.8, 4) is 0 Å². The average Bonchev–Trinajstić information content (AvgIpc) is 1.69. The number of hydrogen-bond donors (Lipinski definition) is 1. The molecule has 1 heterocycles. The summed E-state index contributed by atoms with van der Waals surface area (Å²) >= 11 is 0. The maximum absolute atomic E-state index is 5.22. The van der Waals surface area contributed by atoms with Gasteiger partial charge in [-0.2, -0.15) is 0 Å². The molecule has 2 heteroatoms. The number of rotatable bonds is 0. The molecule has 1 rings (SSSR count). The zero-order valence-electron chi connectivity index (χ0n) is 3.83. The Balaban J connectivity index is 2.49. The van der Waals surface area contributed by atoms with E-state index < -0.39 is 0 Å². The van der Waals surface area contributed by atoms with Gasteiger partial charge in [-0.05, 0) is 6.08 Å². The van der Waals surface area contributed by atoms with E-state index in [0.717, 1.165) is 0 Å². The van der Waals surface area contributed by atoms with Crippen LogP contribution in [0.4, 0.5) is 0 Å². The second-order valence-electron chi connectivity index (χ2n) is 1.24. The largest absolute Gasteiger partial charge is 0.303 e. The van der Waals surface area contributed by atoms with Crippen molar-refractivity contribution in [3.63, 3.8) is 0 Å². The van der Waals surface area contributed by atoms with E-state index in [1.807, 2.05) is 12.2 Å². The van der Waals surface area contributed by atoms with E-state index >= 15 is 0 Å². The molecule has 7 heavy (non-hydrogen) atoms. The zero-order chi connectivity index (χ0) is 5.11. The Morgan fingerprint density at radius 2 is 2.29 bits per heavy atom. The van der Waals surface area contributed by atoms with Gasteiger partial charge in [0, 0.05) is 6.20 Å². The molecule has 0 amide bonds. The third kappa shape index (κ3) is 1.05. The third-order valence-electron chi connectivity index (χ3n) is 0.678. The van der Waals surface area contributed by atoms with Gasteiger partial charge in [-0.1, -0.05) is 12.2 Å². The fourth-order valence-electron chi connectivity index (χ4n) is 0.370. The monoisotopic (exact) mass is 94.1 g/mol. The van der Waals surface area contributed by atoms with Gasteiger partial charge in [0.1, 0.15) is 6.54 Å². The van der Waals surface area contributed by atoms with Crippen molar-refractivity contribution in [2.45, 2.75) is 0 Å². The summed E-state index contributed by atoms with van der Waals surface area (Å²) < 4.78 is 0. The highest BCUT2D eigenvalue weighted by atomic mass is 15.4. The van der Waals surface area contributed by atoms with Gasteiger partial charge in [-0.15, -0.1) is 0 Å². The lowest BCUT2D eigenvalue weighted by atomic mass is 10.4. The summed E-state index contributed by atoms with van der Waals surface area (Å²) in [6, 6.07) is 0. The van der Waals surface area contributed by atoms with Crippen LogP contribution in [-0.4, -0.2) is 5.01 Å². The molecule has 2 N–H and O–H groups in total. The molecule has 0 bridgehead atoms. The summed E-state index contributed by atoms with van der Waals surface area (Å²) in [7, 11) is 0. The van der Waals surface area contributed by atoms with Crippen molar-refractivity contribution in [2.75, 3.05) is 0 Å². The van der Waals surface area contributed by atoms with Crippen LogP contribution >= 0.6 is 0 Å². The molecule has 0 aromatic carbocycles. The third-order valence-corrected chi connectivity index (χ3v) is 0.678. The topological polar surface area (TPSA) is 29.3 Å². The van der Waals surface area contributed by atoms with Crippen LogP contribution in [0.2, 0.25) is 0 Å². The molecule has 2 radical (unpaired) electrons. The first kappa shape index (κ1) is 4.40. The smallest absolute Gasteiger partial charge is 0.135 e. The lowest BCUT2D eigenvalue weighted by Gasteiger charge is -2.09. The van der Waals surface area contributed by atoms with Crippen molar-refractivity contribution >= 4 is 0 Å². The summed E-state index contributed by atoms with van der Waals surface area (Å²) in [6.45, 7) is 2.73. The number of nitrogens with two attached hydrogens (primary N) is 1. The number of hydrogen-bond acceptors (Lipinski definition) is 2. The molecular weight excluding hydrogens is 88.1 g/mol. The quantitative estimate of drug-likeness (QED) is 0.437. The summed E-state index contributed by atoms with van der Waals surface area (Å²) in [5.74, 6) is 5.22. The Labute approximate surface area is 42.9 Å². The first-order valence-corrected chi connectivity index (χ1v) is 2.03. The number of allylic oxidation sites excluding steroid dienone is 2. The van der Waals surface area contributed by atoms with Crippen molar-refractivity contribution in [1.82, 2.24) is 5.01 Å². The van der Waals surface area contributed by atoms with Crippen molar-refractivity contribution < 1.29 is 0 Å². The molecule has 1 aliphatic heterocycles. The number of nitrogens with zero attached hydrogens (tertiary/aromatic N) is 1. The maximum atomic E-state index is 5.22. The van der Waals surface area contributed by atoms with E-state index in [1.165, 1.54) is 5.01 Å². The Morgan fingerprint density at radius 3 is 2.57 bits per heavy atom. The molecule has 36 valence electrons. The molecule has 0 saturated carbocycles. The second kappa shape index (κ2) is 1.80. The molecule has 0 aromatic rings. The Kier molecular flexibility index (Phi) is 1.13. The minimum Gasteiger partial charge on any atom is -0.303 e. The first-order chi connectivity index (χ1) is 3.39. The van der Waals surface area contributed by atoms with E-state index in [9.17, 15) is 0 Å². The minimum atomic E-state index is 1.38. The second-order valence-corrected chi connectivity index (χ2v) is 1.24. The van der Waals surface area contributed by atoms with Crippen molar-refractivity contribution in [2.24, 2.45) is 5.84 Å². The molecule has 1 aliphatic rings. The minimum absolute atomic E-state index is 1.38. The van der Waals surface area contributed by atoms with Crippen molar-refractivity contribution in [1.29, 1.82) is 0 Å². The molecule has 0 spiro atoms. The van der Waals surface area contributed by atoms with Crippen LogP contribution in [0.5, 0.6) is 0 Å². The van der Waals surface area contributed by atoms with Gasteiger partial charge in [0.25, 0.3) is 0 Å². The molecule has 0 fully saturated rings. The predicted molar refractivity (Wildman–Crippen MR) is 27.5 cm³/mol. The van der Waals surface area contributed by atoms with Gasteiger partial charge < -0.3 is 5.01 Å². The SMILES string of the molecule is NN1[C]C=CC=C1. The van der Waals surface area contributed by atoms with Crippen LogP contribution in [-0.2, 0) is 0 Å². The lowest BCUT2D eigenvalue weighted by molar-refractivity contribution is 0.496. The van der Waals surface area contributed by atoms with Gasteiger partial charge in [0.15, 0.2) is 0 Å². The summed E-state index contributed by atoms with van der Waals surface area (Å²) in [5.41, 5.74) is 0. The van der Waals surface area contributed by atoms with Crippen LogP contribution in [0, 0.1) is 6.54 Å². The van der Waals surface area contributed by atoms with E-state index in [4.69, 9.17) is 5.84 Å². The van der Waals surface area contributed by atoms with Crippen molar-refractivity contribution in [3.05, 3.63) is 31.0 Å². The highest BCUT2D eigenvalue weighted by molar-refractivity contribution is 5.12. The first-order valence-electron chi connectivity index (χ1n) is 2.03. The van der Waals surface area contributed by atoms with Crippen LogP contribution in [0.25, 0.3) is 0 Å². The van der Waals surface area contributed by atoms with E-state index in [0.29, 0.717) is 0 Å². The molecule has 0 aliphatic carbocycles.